The Kier molecular flexibility index (Phi) is 4.48. The molecule has 1 heterocycles. The summed E-state index contributed by atoms with van der Waals surface area (Å²) in [6.45, 7) is 11.5. The van der Waals surface area contributed by atoms with Crippen molar-refractivity contribution in [3.8, 4) is 0 Å². The first-order chi connectivity index (χ1) is 11.4. The Balaban J connectivity index is 2.23. The molecule has 2 aliphatic rings. The Morgan fingerprint density at radius 2 is 1.92 bits per heavy atom. The van der Waals surface area contributed by atoms with Gasteiger partial charge in [-0.2, -0.15) is 0 Å². The molecular weight excluding hydrogens is 382 g/mol. The molecule has 1 aromatic carbocycles. The average molecular weight is 410 g/mol. The van der Waals surface area contributed by atoms with Crippen LogP contribution in [0.4, 0.5) is 10.5 Å². The molecular formula is C20H28BrNO3. The van der Waals surface area contributed by atoms with E-state index >= 15 is 0 Å². The molecule has 1 aromatic rings. The maximum absolute atomic E-state index is 13.1. The summed E-state index contributed by atoms with van der Waals surface area (Å²) in [6, 6.07) is 2.08. The topological polar surface area (TPSA) is 49.8 Å². The van der Waals surface area contributed by atoms with E-state index < -0.39 is 17.2 Å². The van der Waals surface area contributed by atoms with Crippen molar-refractivity contribution in [2.75, 3.05) is 4.90 Å². The molecule has 0 bridgehead atoms. The zero-order chi connectivity index (χ0) is 18.7. The van der Waals surface area contributed by atoms with Gasteiger partial charge < -0.3 is 9.84 Å². The van der Waals surface area contributed by atoms with Crippen LogP contribution in [-0.2, 0) is 17.6 Å². The van der Waals surface area contributed by atoms with E-state index in [4.69, 9.17) is 4.74 Å². The summed E-state index contributed by atoms with van der Waals surface area (Å²) >= 11 is 3.69. The summed E-state index contributed by atoms with van der Waals surface area (Å²) in [5.74, 6) is -0.0501. The number of carbonyl (C=O) groups is 1. The van der Waals surface area contributed by atoms with Crippen molar-refractivity contribution in [1.29, 1.82) is 0 Å². The second-order valence-electron chi connectivity index (χ2n) is 8.81. The third-order valence-corrected chi connectivity index (χ3v) is 6.12. The number of rotatable bonds is 0. The number of ether oxygens (including phenoxy) is 1. The van der Waals surface area contributed by atoms with Crippen molar-refractivity contribution in [2.45, 2.75) is 84.0 Å². The average Bonchev–Trinajstić information content (AvgIpc) is 2.95. The lowest BCUT2D eigenvalue weighted by atomic mass is 9.76. The molecule has 5 heteroatoms. The molecule has 0 saturated heterocycles. The summed E-state index contributed by atoms with van der Waals surface area (Å²) in [7, 11) is 0. The van der Waals surface area contributed by atoms with Crippen molar-refractivity contribution in [3.05, 3.63) is 27.2 Å². The fourth-order valence-corrected chi connectivity index (χ4v) is 4.87. The van der Waals surface area contributed by atoms with Gasteiger partial charge in [-0.1, -0.05) is 22.9 Å². The molecule has 0 fully saturated rings. The number of halogens is 1. The SMILES string of the molecule is CC1c2cc(Br)c3c(c2N(C(=O)OC(C)(C)C)C(C)(C)C1O)CCC3. The summed E-state index contributed by atoms with van der Waals surface area (Å²) in [4.78, 5) is 14.8. The van der Waals surface area contributed by atoms with E-state index in [9.17, 15) is 9.90 Å². The van der Waals surface area contributed by atoms with Crippen LogP contribution in [0.2, 0.25) is 0 Å². The molecule has 0 radical (unpaired) electrons. The first-order valence-corrected chi connectivity index (χ1v) is 9.80. The predicted molar refractivity (Wildman–Crippen MR) is 103 cm³/mol. The molecule has 25 heavy (non-hydrogen) atoms. The van der Waals surface area contributed by atoms with Crippen LogP contribution in [0.15, 0.2) is 10.5 Å². The van der Waals surface area contributed by atoms with E-state index in [1.54, 1.807) is 4.90 Å². The van der Waals surface area contributed by atoms with Gasteiger partial charge in [0.1, 0.15) is 5.60 Å². The molecule has 0 spiro atoms. The van der Waals surface area contributed by atoms with Crippen LogP contribution in [0.5, 0.6) is 0 Å². The number of aliphatic hydroxyl groups is 1. The number of anilines is 1. The summed E-state index contributed by atoms with van der Waals surface area (Å²) < 4.78 is 6.79. The summed E-state index contributed by atoms with van der Waals surface area (Å²) in [6.07, 6.45) is 2.00. The van der Waals surface area contributed by atoms with Gasteiger partial charge in [0.2, 0.25) is 0 Å². The van der Waals surface area contributed by atoms with E-state index in [-0.39, 0.29) is 12.0 Å². The molecule has 4 nitrogen and oxygen atoms in total. The fourth-order valence-electron chi connectivity index (χ4n) is 4.18. The Labute approximate surface area is 158 Å². The zero-order valence-corrected chi connectivity index (χ0v) is 17.5. The molecule has 1 N–H and O–H groups in total. The van der Waals surface area contributed by atoms with Gasteiger partial charge in [-0.25, -0.2) is 4.79 Å². The van der Waals surface area contributed by atoms with E-state index in [0.717, 1.165) is 35.0 Å². The van der Waals surface area contributed by atoms with Crippen molar-refractivity contribution < 1.29 is 14.6 Å². The van der Waals surface area contributed by atoms with Gasteiger partial charge in [-0.15, -0.1) is 0 Å². The van der Waals surface area contributed by atoms with Gasteiger partial charge in [0.25, 0.3) is 0 Å². The van der Waals surface area contributed by atoms with Crippen LogP contribution >= 0.6 is 15.9 Å². The minimum Gasteiger partial charge on any atom is -0.443 e. The summed E-state index contributed by atoms with van der Waals surface area (Å²) in [5, 5.41) is 10.9. The maximum atomic E-state index is 13.1. The van der Waals surface area contributed by atoms with Gasteiger partial charge in [-0.3, -0.25) is 4.90 Å². The van der Waals surface area contributed by atoms with Crippen LogP contribution in [0.1, 0.15) is 70.6 Å². The number of aliphatic hydroxyl groups excluding tert-OH is 1. The highest BCUT2D eigenvalue weighted by molar-refractivity contribution is 9.10. The van der Waals surface area contributed by atoms with E-state index in [1.165, 1.54) is 11.1 Å². The standard InChI is InChI=1S/C20H28BrNO3/c1-11-14-10-15(21)12-8-7-9-13(12)16(14)22(20(5,6)17(11)23)18(24)25-19(2,3)4/h10-11,17,23H,7-9H2,1-6H3. The number of amides is 1. The second-order valence-corrected chi connectivity index (χ2v) is 9.66. The minimum absolute atomic E-state index is 0.0501. The number of hydrogen-bond donors (Lipinski definition) is 1. The van der Waals surface area contributed by atoms with E-state index in [1.807, 2.05) is 41.5 Å². The van der Waals surface area contributed by atoms with Crippen LogP contribution in [-0.4, -0.2) is 28.4 Å². The number of fused-ring (bicyclic) bond motifs is 3. The molecule has 2 atom stereocenters. The van der Waals surface area contributed by atoms with E-state index in [2.05, 4.69) is 22.0 Å². The molecule has 1 amide bonds. The lowest BCUT2D eigenvalue weighted by molar-refractivity contribution is 0.0337. The van der Waals surface area contributed by atoms with Gasteiger partial charge >= 0.3 is 6.09 Å². The van der Waals surface area contributed by atoms with Crippen molar-refractivity contribution in [2.24, 2.45) is 0 Å². The van der Waals surface area contributed by atoms with Crippen LogP contribution < -0.4 is 4.90 Å². The Hall–Kier alpha value is -1.07. The van der Waals surface area contributed by atoms with Crippen molar-refractivity contribution >= 4 is 27.7 Å². The first-order valence-electron chi connectivity index (χ1n) is 9.00. The van der Waals surface area contributed by atoms with Gasteiger partial charge in [-0.05, 0) is 76.6 Å². The lowest BCUT2D eigenvalue weighted by Gasteiger charge is -2.50. The zero-order valence-electron chi connectivity index (χ0n) is 15.9. The van der Waals surface area contributed by atoms with Crippen LogP contribution in [0.25, 0.3) is 0 Å². The monoisotopic (exact) mass is 409 g/mol. The third-order valence-electron chi connectivity index (χ3n) is 5.41. The number of benzene rings is 1. The number of hydrogen-bond acceptors (Lipinski definition) is 3. The van der Waals surface area contributed by atoms with E-state index in [0.29, 0.717) is 0 Å². The lowest BCUT2D eigenvalue weighted by Crippen LogP contribution is -2.61. The second kappa shape index (κ2) is 5.98. The van der Waals surface area contributed by atoms with Crippen molar-refractivity contribution in [3.63, 3.8) is 0 Å². The van der Waals surface area contributed by atoms with Crippen LogP contribution in [0, 0.1) is 0 Å². The third kappa shape index (κ3) is 2.99. The Bertz CT molecular complexity index is 721. The fraction of sp³-hybridized carbons (Fsp3) is 0.650. The molecule has 1 aliphatic carbocycles. The molecule has 3 rings (SSSR count). The van der Waals surface area contributed by atoms with Gasteiger partial charge in [0.05, 0.1) is 17.3 Å². The predicted octanol–water partition coefficient (Wildman–Crippen LogP) is 4.94. The molecule has 0 aromatic heterocycles. The minimum atomic E-state index is -0.737. The number of nitrogens with zero attached hydrogens (tertiary/aromatic N) is 1. The summed E-state index contributed by atoms with van der Waals surface area (Å²) in [5.41, 5.74) is 3.16. The molecule has 2 unspecified atom stereocenters. The highest BCUT2D eigenvalue weighted by atomic mass is 79.9. The maximum Gasteiger partial charge on any atom is 0.415 e. The molecule has 1 aliphatic heterocycles. The number of carbonyl (C=O) groups excluding carboxylic acids is 1. The highest BCUT2D eigenvalue weighted by Crippen LogP contribution is 2.50. The van der Waals surface area contributed by atoms with Gasteiger partial charge in [0.15, 0.2) is 0 Å². The first kappa shape index (κ1) is 18.7. The smallest absolute Gasteiger partial charge is 0.415 e. The molecule has 0 saturated carbocycles. The quantitative estimate of drug-likeness (QED) is 0.660. The highest BCUT2D eigenvalue weighted by Gasteiger charge is 2.49. The molecule has 138 valence electrons. The normalized spacial score (nSPS) is 24.7. The largest absolute Gasteiger partial charge is 0.443 e. The Morgan fingerprint density at radius 1 is 1.32 bits per heavy atom. The van der Waals surface area contributed by atoms with Gasteiger partial charge in [0, 0.05) is 10.4 Å². The Morgan fingerprint density at radius 3 is 2.52 bits per heavy atom. The van der Waals surface area contributed by atoms with Crippen LogP contribution in [0.3, 0.4) is 0 Å². The van der Waals surface area contributed by atoms with Crippen molar-refractivity contribution in [1.82, 2.24) is 0 Å².